The van der Waals surface area contributed by atoms with Crippen molar-refractivity contribution in [3.8, 4) is 0 Å². The molecule has 0 unspecified atom stereocenters. The Kier molecular flexibility index (Phi) is 7.75. The first-order valence-electron chi connectivity index (χ1n) is 9.10. The SMILES string of the molecule is O=C(CNS(=O)(=O)c1ccc(Br)cc1)Nc1cc(S(=O)(=O)Nc2ccccc2F)ccc1Cl. The maximum Gasteiger partial charge on any atom is 0.262 e. The Morgan fingerprint density at radius 3 is 2.18 bits per heavy atom. The van der Waals surface area contributed by atoms with Crippen LogP contribution in [0.15, 0.2) is 81.0 Å². The van der Waals surface area contributed by atoms with E-state index < -0.39 is 38.3 Å². The highest BCUT2D eigenvalue weighted by Gasteiger charge is 2.20. The van der Waals surface area contributed by atoms with Crippen molar-refractivity contribution in [2.45, 2.75) is 9.79 Å². The minimum Gasteiger partial charge on any atom is -0.324 e. The summed E-state index contributed by atoms with van der Waals surface area (Å²) in [6, 6.07) is 14.5. The lowest BCUT2D eigenvalue weighted by Gasteiger charge is -2.12. The molecule has 0 heterocycles. The number of carbonyl (C=O) groups excluding carboxylic acids is 1. The van der Waals surface area contributed by atoms with Crippen molar-refractivity contribution in [3.63, 3.8) is 0 Å². The number of anilines is 2. The first-order chi connectivity index (χ1) is 15.5. The van der Waals surface area contributed by atoms with Gasteiger partial charge in [-0.2, -0.15) is 0 Å². The number of amides is 1. The third-order valence-electron chi connectivity index (χ3n) is 4.19. The minimum absolute atomic E-state index is 0.0176. The van der Waals surface area contributed by atoms with Crippen LogP contribution in [0.3, 0.4) is 0 Å². The van der Waals surface area contributed by atoms with Crippen molar-refractivity contribution < 1.29 is 26.0 Å². The smallest absolute Gasteiger partial charge is 0.262 e. The van der Waals surface area contributed by atoms with Gasteiger partial charge in [0.2, 0.25) is 15.9 Å². The molecule has 0 bridgehead atoms. The van der Waals surface area contributed by atoms with E-state index in [9.17, 15) is 26.0 Å². The number of rotatable bonds is 8. The van der Waals surface area contributed by atoms with E-state index >= 15 is 0 Å². The van der Waals surface area contributed by atoms with E-state index in [1.54, 1.807) is 0 Å². The molecule has 0 saturated carbocycles. The third-order valence-corrected chi connectivity index (χ3v) is 7.83. The van der Waals surface area contributed by atoms with Crippen LogP contribution in [0.25, 0.3) is 0 Å². The van der Waals surface area contributed by atoms with Crippen molar-refractivity contribution in [1.29, 1.82) is 0 Å². The van der Waals surface area contributed by atoms with Gasteiger partial charge in [0.1, 0.15) is 5.82 Å². The second-order valence-corrected chi connectivity index (χ2v) is 11.3. The fraction of sp³-hybridized carbons (Fsp3) is 0.0500. The molecule has 3 aromatic rings. The Bertz CT molecular complexity index is 1400. The van der Waals surface area contributed by atoms with Crippen molar-refractivity contribution in [2.24, 2.45) is 0 Å². The molecule has 0 fully saturated rings. The van der Waals surface area contributed by atoms with Gasteiger partial charge in [0.25, 0.3) is 10.0 Å². The molecule has 13 heteroatoms. The van der Waals surface area contributed by atoms with Crippen LogP contribution in [0.4, 0.5) is 15.8 Å². The molecule has 174 valence electrons. The van der Waals surface area contributed by atoms with Crippen molar-refractivity contribution in [2.75, 3.05) is 16.6 Å². The predicted octanol–water partition coefficient (Wildman–Crippen LogP) is 3.96. The van der Waals surface area contributed by atoms with Crippen molar-refractivity contribution in [1.82, 2.24) is 4.72 Å². The molecule has 0 saturated heterocycles. The van der Waals surface area contributed by atoms with E-state index in [2.05, 4.69) is 30.7 Å². The molecule has 0 aromatic heterocycles. The number of halogens is 3. The monoisotopic (exact) mass is 575 g/mol. The fourth-order valence-corrected chi connectivity index (χ4v) is 5.07. The predicted molar refractivity (Wildman–Crippen MR) is 127 cm³/mol. The van der Waals surface area contributed by atoms with E-state index in [-0.39, 0.29) is 26.2 Å². The van der Waals surface area contributed by atoms with E-state index in [4.69, 9.17) is 11.6 Å². The van der Waals surface area contributed by atoms with Crippen molar-refractivity contribution >= 4 is 64.9 Å². The Morgan fingerprint density at radius 1 is 0.879 bits per heavy atom. The second kappa shape index (κ2) is 10.2. The molecule has 8 nitrogen and oxygen atoms in total. The molecule has 3 aromatic carbocycles. The first kappa shape index (κ1) is 25.1. The number of sulfonamides is 2. The zero-order valence-electron chi connectivity index (χ0n) is 16.5. The van der Waals surface area contributed by atoms with Gasteiger partial charge in [0, 0.05) is 4.47 Å². The maximum absolute atomic E-state index is 13.8. The summed E-state index contributed by atoms with van der Waals surface area (Å²) in [7, 11) is -8.15. The van der Waals surface area contributed by atoms with Gasteiger partial charge in [-0.3, -0.25) is 9.52 Å². The highest BCUT2D eigenvalue weighted by molar-refractivity contribution is 9.10. The Labute approximate surface area is 203 Å². The van der Waals surface area contributed by atoms with Gasteiger partial charge in [-0.1, -0.05) is 39.7 Å². The lowest BCUT2D eigenvalue weighted by molar-refractivity contribution is -0.115. The van der Waals surface area contributed by atoms with Gasteiger partial charge in [-0.15, -0.1) is 0 Å². The lowest BCUT2D eigenvalue weighted by Crippen LogP contribution is -2.33. The molecule has 3 N–H and O–H groups in total. The molecule has 1 amide bonds. The molecule has 0 aliphatic carbocycles. The van der Waals surface area contributed by atoms with Crippen LogP contribution < -0.4 is 14.8 Å². The van der Waals surface area contributed by atoms with E-state index in [0.29, 0.717) is 4.47 Å². The average Bonchev–Trinajstić information content (AvgIpc) is 2.75. The summed E-state index contributed by atoms with van der Waals surface area (Å²) in [5, 5.41) is 2.38. The van der Waals surface area contributed by atoms with Gasteiger partial charge in [0.15, 0.2) is 0 Å². The summed E-state index contributed by atoms with van der Waals surface area (Å²) < 4.78 is 68.6. The average molecular weight is 577 g/mol. The number of benzene rings is 3. The summed E-state index contributed by atoms with van der Waals surface area (Å²) in [6.07, 6.45) is 0. The normalized spacial score (nSPS) is 11.7. The summed E-state index contributed by atoms with van der Waals surface area (Å²) in [6.45, 7) is -0.626. The maximum atomic E-state index is 13.8. The Hall–Kier alpha value is -2.51. The van der Waals surface area contributed by atoms with Gasteiger partial charge in [-0.05, 0) is 54.6 Å². The molecule has 0 atom stereocenters. The molecule has 0 aliphatic heterocycles. The highest BCUT2D eigenvalue weighted by atomic mass is 79.9. The summed E-state index contributed by atoms with van der Waals surface area (Å²) in [5.74, 6) is -1.55. The van der Waals surface area contributed by atoms with Gasteiger partial charge >= 0.3 is 0 Å². The van der Waals surface area contributed by atoms with E-state index in [1.807, 2.05) is 0 Å². The van der Waals surface area contributed by atoms with Crippen LogP contribution in [0.1, 0.15) is 0 Å². The minimum atomic E-state index is -4.20. The number of hydrogen-bond donors (Lipinski definition) is 3. The van der Waals surface area contributed by atoms with Crippen LogP contribution in [0.2, 0.25) is 5.02 Å². The van der Waals surface area contributed by atoms with Crippen molar-refractivity contribution in [3.05, 3.63) is 82.0 Å². The van der Waals surface area contributed by atoms with E-state index in [0.717, 1.165) is 12.1 Å². The molecule has 33 heavy (non-hydrogen) atoms. The largest absolute Gasteiger partial charge is 0.324 e. The van der Waals surface area contributed by atoms with Crippen LogP contribution in [0.5, 0.6) is 0 Å². The molecule has 0 radical (unpaired) electrons. The fourth-order valence-electron chi connectivity index (χ4n) is 2.57. The van der Waals surface area contributed by atoms with E-state index in [1.165, 1.54) is 54.6 Å². The molecule has 0 aliphatic rings. The number of nitrogens with one attached hydrogen (secondary N) is 3. The third kappa shape index (κ3) is 6.51. The van der Waals surface area contributed by atoms with Gasteiger partial charge < -0.3 is 5.32 Å². The molecule has 3 rings (SSSR count). The number of para-hydroxylation sites is 1. The van der Waals surface area contributed by atoms with Gasteiger partial charge in [0.05, 0.1) is 32.7 Å². The van der Waals surface area contributed by atoms with Crippen LogP contribution in [0, 0.1) is 5.82 Å². The van der Waals surface area contributed by atoms with Gasteiger partial charge in [-0.25, -0.2) is 25.9 Å². The summed E-state index contributed by atoms with van der Waals surface area (Å²) in [5.41, 5.74) is -0.318. The molecule has 0 spiro atoms. The highest BCUT2D eigenvalue weighted by Crippen LogP contribution is 2.27. The summed E-state index contributed by atoms with van der Waals surface area (Å²) in [4.78, 5) is 11.9. The zero-order valence-corrected chi connectivity index (χ0v) is 20.5. The molecular formula is C20H16BrClFN3O5S2. The number of hydrogen-bond acceptors (Lipinski definition) is 5. The lowest BCUT2D eigenvalue weighted by atomic mass is 10.3. The van der Waals surface area contributed by atoms with Crippen LogP contribution >= 0.6 is 27.5 Å². The first-order valence-corrected chi connectivity index (χ1v) is 13.2. The zero-order chi connectivity index (χ0) is 24.2. The molecular weight excluding hydrogens is 561 g/mol. The van der Waals surface area contributed by atoms with Crippen LogP contribution in [-0.2, 0) is 24.8 Å². The Morgan fingerprint density at radius 2 is 1.52 bits per heavy atom. The second-order valence-electron chi connectivity index (χ2n) is 6.55. The Balaban J connectivity index is 1.72. The quantitative estimate of drug-likeness (QED) is 0.375. The topological polar surface area (TPSA) is 121 Å². The summed E-state index contributed by atoms with van der Waals surface area (Å²) >= 11 is 9.25. The standard InChI is InChI=1S/C20H16BrClFN3O5S2/c21-13-5-7-14(8-6-13)32(28,29)24-12-20(27)25-19-11-15(9-10-16(19)22)33(30,31)26-18-4-2-1-3-17(18)23/h1-11,24,26H,12H2,(H,25,27). The van der Waals surface area contributed by atoms with Crippen LogP contribution in [-0.4, -0.2) is 29.3 Å². The number of carbonyl (C=O) groups is 1.